The summed E-state index contributed by atoms with van der Waals surface area (Å²) in [4.78, 5) is 11.6. The zero-order valence-electron chi connectivity index (χ0n) is 10.0. The van der Waals surface area contributed by atoms with Gasteiger partial charge in [-0.15, -0.1) is 0 Å². The van der Waals surface area contributed by atoms with Crippen molar-refractivity contribution >= 4 is 5.97 Å². The van der Waals surface area contributed by atoms with Crippen molar-refractivity contribution in [3.63, 3.8) is 0 Å². The Bertz CT molecular complexity index is 449. The van der Waals surface area contributed by atoms with Crippen LogP contribution in [0, 0.1) is 17.5 Å². The maximum Gasteiger partial charge on any atom is 0.315 e. The number of ether oxygens (including phenoxy) is 1. The lowest BCUT2D eigenvalue weighted by Crippen LogP contribution is -2.33. The Labute approximate surface area is 103 Å². The van der Waals surface area contributed by atoms with Crippen LogP contribution in [0.1, 0.15) is 25.3 Å². The Kier molecular flexibility index (Phi) is 4.72. The van der Waals surface area contributed by atoms with Gasteiger partial charge in [0.15, 0.2) is 11.6 Å². The summed E-state index contributed by atoms with van der Waals surface area (Å²) in [5.74, 6) is -5.51. The summed E-state index contributed by atoms with van der Waals surface area (Å²) in [5, 5.41) is 0. The Morgan fingerprint density at radius 2 is 1.83 bits per heavy atom. The third-order valence-corrected chi connectivity index (χ3v) is 2.44. The average Bonchev–Trinajstić information content (AvgIpc) is 2.25. The van der Waals surface area contributed by atoms with Gasteiger partial charge in [-0.1, -0.05) is 0 Å². The van der Waals surface area contributed by atoms with E-state index in [-0.39, 0.29) is 12.2 Å². The van der Waals surface area contributed by atoms with Gasteiger partial charge in [-0.3, -0.25) is 4.79 Å². The molecule has 0 spiro atoms. The van der Waals surface area contributed by atoms with E-state index in [0.717, 1.165) is 0 Å². The Balaban J connectivity index is 3.22. The standard InChI is InChI=1S/C12H14F3NO2/c1-3-18-12(17)11(6(2)16)7-4-9(14)10(15)5-8(7)13/h4-6,11H,3,16H2,1-2H3. The lowest BCUT2D eigenvalue weighted by atomic mass is 9.92. The van der Waals surface area contributed by atoms with Gasteiger partial charge in [0, 0.05) is 17.7 Å². The molecule has 0 radical (unpaired) electrons. The largest absolute Gasteiger partial charge is 0.465 e. The van der Waals surface area contributed by atoms with Gasteiger partial charge in [-0.2, -0.15) is 0 Å². The van der Waals surface area contributed by atoms with Gasteiger partial charge < -0.3 is 10.5 Å². The smallest absolute Gasteiger partial charge is 0.315 e. The maximum atomic E-state index is 13.6. The quantitative estimate of drug-likeness (QED) is 0.667. The molecule has 3 nitrogen and oxygen atoms in total. The molecule has 0 saturated heterocycles. The third-order valence-electron chi connectivity index (χ3n) is 2.44. The van der Waals surface area contributed by atoms with E-state index >= 15 is 0 Å². The molecule has 6 heteroatoms. The highest BCUT2D eigenvalue weighted by Crippen LogP contribution is 2.25. The molecule has 0 fully saturated rings. The second-order valence-corrected chi connectivity index (χ2v) is 3.88. The van der Waals surface area contributed by atoms with Crippen molar-refractivity contribution in [3.8, 4) is 0 Å². The first-order valence-electron chi connectivity index (χ1n) is 5.45. The first-order valence-corrected chi connectivity index (χ1v) is 5.45. The van der Waals surface area contributed by atoms with E-state index in [2.05, 4.69) is 0 Å². The molecule has 0 aliphatic heterocycles. The van der Waals surface area contributed by atoms with Crippen LogP contribution >= 0.6 is 0 Å². The highest BCUT2D eigenvalue weighted by atomic mass is 19.2. The number of esters is 1. The van der Waals surface area contributed by atoms with Crippen molar-refractivity contribution in [2.45, 2.75) is 25.8 Å². The topological polar surface area (TPSA) is 52.3 Å². The molecular formula is C12H14F3NO2. The predicted molar refractivity (Wildman–Crippen MR) is 59.3 cm³/mol. The van der Waals surface area contributed by atoms with Crippen molar-refractivity contribution in [1.82, 2.24) is 0 Å². The van der Waals surface area contributed by atoms with E-state index in [1.807, 2.05) is 0 Å². The molecule has 2 N–H and O–H groups in total. The fraction of sp³-hybridized carbons (Fsp3) is 0.417. The third kappa shape index (κ3) is 3.01. The molecule has 1 aromatic carbocycles. The molecule has 0 aromatic heterocycles. The number of carbonyl (C=O) groups is 1. The summed E-state index contributed by atoms with van der Waals surface area (Å²) in [6.07, 6.45) is 0. The van der Waals surface area contributed by atoms with Crippen molar-refractivity contribution in [2.24, 2.45) is 5.73 Å². The molecular weight excluding hydrogens is 247 g/mol. The van der Waals surface area contributed by atoms with Gasteiger partial charge in [0.2, 0.25) is 0 Å². The van der Waals surface area contributed by atoms with Crippen LogP contribution in [0.4, 0.5) is 13.2 Å². The highest BCUT2D eigenvalue weighted by Gasteiger charge is 2.29. The lowest BCUT2D eigenvalue weighted by molar-refractivity contribution is -0.145. The van der Waals surface area contributed by atoms with E-state index in [0.29, 0.717) is 12.1 Å². The monoisotopic (exact) mass is 261 g/mol. The number of hydrogen-bond donors (Lipinski definition) is 1. The van der Waals surface area contributed by atoms with Crippen molar-refractivity contribution in [3.05, 3.63) is 35.1 Å². The first kappa shape index (κ1) is 14.5. The minimum atomic E-state index is -1.32. The summed E-state index contributed by atoms with van der Waals surface area (Å²) in [6.45, 7) is 3.13. The van der Waals surface area contributed by atoms with Crippen molar-refractivity contribution in [1.29, 1.82) is 0 Å². The minimum absolute atomic E-state index is 0.0906. The molecule has 100 valence electrons. The van der Waals surface area contributed by atoms with Crippen LogP contribution in [0.2, 0.25) is 0 Å². The molecule has 0 aliphatic carbocycles. The van der Waals surface area contributed by atoms with Crippen LogP contribution in [0.25, 0.3) is 0 Å². The molecule has 2 atom stereocenters. The van der Waals surface area contributed by atoms with Gasteiger partial charge in [0.05, 0.1) is 12.5 Å². The zero-order chi connectivity index (χ0) is 13.9. The SMILES string of the molecule is CCOC(=O)C(c1cc(F)c(F)cc1F)C(C)N. The number of carbonyl (C=O) groups excluding carboxylic acids is 1. The van der Waals surface area contributed by atoms with E-state index in [4.69, 9.17) is 10.5 Å². The molecule has 18 heavy (non-hydrogen) atoms. The van der Waals surface area contributed by atoms with Crippen LogP contribution in [-0.4, -0.2) is 18.6 Å². The molecule has 0 bridgehead atoms. The number of hydrogen-bond acceptors (Lipinski definition) is 3. The summed E-state index contributed by atoms with van der Waals surface area (Å²) < 4.78 is 44.2. The summed E-state index contributed by atoms with van der Waals surface area (Å²) in [5.41, 5.74) is 5.27. The normalized spacial score (nSPS) is 14.1. The van der Waals surface area contributed by atoms with Gasteiger partial charge in [-0.25, -0.2) is 13.2 Å². The lowest BCUT2D eigenvalue weighted by Gasteiger charge is -2.20. The molecule has 0 heterocycles. The maximum absolute atomic E-state index is 13.6. The van der Waals surface area contributed by atoms with Crippen LogP contribution in [0.5, 0.6) is 0 Å². The second kappa shape index (κ2) is 5.86. The Hall–Kier alpha value is -1.56. The van der Waals surface area contributed by atoms with E-state index in [1.54, 1.807) is 6.92 Å². The van der Waals surface area contributed by atoms with Crippen molar-refractivity contribution in [2.75, 3.05) is 6.61 Å². The Morgan fingerprint density at radius 3 is 2.33 bits per heavy atom. The van der Waals surface area contributed by atoms with Gasteiger partial charge in [0.1, 0.15) is 5.82 Å². The molecule has 2 unspecified atom stereocenters. The van der Waals surface area contributed by atoms with Crippen molar-refractivity contribution < 1.29 is 22.7 Å². The molecule has 0 aliphatic rings. The fourth-order valence-corrected chi connectivity index (χ4v) is 1.63. The van der Waals surface area contributed by atoms with E-state index in [1.165, 1.54) is 6.92 Å². The van der Waals surface area contributed by atoms with Crippen LogP contribution in [0.3, 0.4) is 0 Å². The highest BCUT2D eigenvalue weighted by molar-refractivity contribution is 5.79. The van der Waals surface area contributed by atoms with E-state index in [9.17, 15) is 18.0 Å². The second-order valence-electron chi connectivity index (χ2n) is 3.88. The van der Waals surface area contributed by atoms with Gasteiger partial charge in [0.25, 0.3) is 0 Å². The summed E-state index contributed by atoms with van der Waals surface area (Å²) in [6, 6.07) is 0.234. The Morgan fingerprint density at radius 1 is 1.28 bits per heavy atom. The number of rotatable bonds is 4. The summed E-state index contributed by atoms with van der Waals surface area (Å²) >= 11 is 0. The fourth-order valence-electron chi connectivity index (χ4n) is 1.63. The molecule has 1 rings (SSSR count). The first-order chi connectivity index (χ1) is 8.38. The van der Waals surface area contributed by atoms with Crippen LogP contribution in [-0.2, 0) is 9.53 Å². The molecule has 0 saturated carbocycles. The zero-order valence-corrected chi connectivity index (χ0v) is 10.0. The van der Waals surface area contributed by atoms with E-state index < -0.39 is 35.4 Å². The van der Waals surface area contributed by atoms with Gasteiger partial charge in [-0.05, 0) is 19.9 Å². The number of halogens is 3. The number of benzene rings is 1. The summed E-state index contributed by atoms with van der Waals surface area (Å²) in [7, 11) is 0. The van der Waals surface area contributed by atoms with Gasteiger partial charge >= 0.3 is 5.97 Å². The predicted octanol–water partition coefficient (Wildman–Crippen LogP) is 2.10. The van der Waals surface area contributed by atoms with Crippen LogP contribution < -0.4 is 5.73 Å². The minimum Gasteiger partial charge on any atom is -0.465 e. The molecule has 0 amide bonds. The average molecular weight is 261 g/mol. The number of nitrogens with two attached hydrogens (primary N) is 1. The van der Waals surface area contributed by atoms with Crippen LogP contribution in [0.15, 0.2) is 12.1 Å². The molecule has 1 aromatic rings.